The molecule has 0 aromatic carbocycles. The molecule has 1 heterocycles. The second-order valence-electron chi connectivity index (χ2n) is 2.57. The molecule has 1 rings (SSSR count). The molecule has 0 atom stereocenters. The number of anilines is 1. The Kier molecular flexibility index (Phi) is 3.60. The van der Waals surface area contributed by atoms with Gasteiger partial charge in [-0.3, -0.25) is 0 Å². The Hall–Kier alpha value is -1.03. The molecule has 0 amide bonds. The van der Waals surface area contributed by atoms with Crippen molar-refractivity contribution in [3.63, 3.8) is 0 Å². The molecule has 0 bridgehead atoms. The third-order valence-electron chi connectivity index (χ3n) is 1.71. The number of hydrogen-bond donors (Lipinski definition) is 2. The Morgan fingerprint density at radius 1 is 1.50 bits per heavy atom. The highest BCUT2D eigenvalue weighted by molar-refractivity contribution is 5.25. The van der Waals surface area contributed by atoms with E-state index >= 15 is 0 Å². The van der Waals surface area contributed by atoms with Gasteiger partial charge in [-0.05, 0) is 14.0 Å². The topological polar surface area (TPSA) is 41.9 Å². The molecule has 12 heavy (non-hydrogen) atoms. The standard InChI is InChI=1S/C8H16N4/c1-3-12-7-6-11-8(12)10-5-4-9-2/h6-7,9H,3-5H2,1-2H3,(H,10,11). The summed E-state index contributed by atoms with van der Waals surface area (Å²) < 4.78 is 2.08. The zero-order valence-electron chi connectivity index (χ0n) is 7.67. The van der Waals surface area contributed by atoms with Crippen LogP contribution in [0.2, 0.25) is 0 Å². The monoisotopic (exact) mass is 168 g/mol. The normalized spacial score (nSPS) is 10.2. The second kappa shape index (κ2) is 4.77. The average molecular weight is 168 g/mol. The third kappa shape index (κ3) is 2.23. The highest BCUT2D eigenvalue weighted by Gasteiger charge is 1.97. The Balaban J connectivity index is 2.39. The van der Waals surface area contributed by atoms with Crippen molar-refractivity contribution in [2.45, 2.75) is 13.5 Å². The van der Waals surface area contributed by atoms with E-state index in [1.165, 1.54) is 0 Å². The zero-order valence-corrected chi connectivity index (χ0v) is 7.67. The first-order chi connectivity index (χ1) is 5.88. The molecule has 68 valence electrons. The summed E-state index contributed by atoms with van der Waals surface area (Å²) in [4.78, 5) is 4.18. The number of rotatable bonds is 5. The van der Waals surface area contributed by atoms with Crippen molar-refractivity contribution in [3.05, 3.63) is 12.4 Å². The van der Waals surface area contributed by atoms with Crippen LogP contribution in [0.3, 0.4) is 0 Å². The molecule has 0 aliphatic rings. The van der Waals surface area contributed by atoms with Gasteiger partial charge in [-0.1, -0.05) is 0 Å². The maximum atomic E-state index is 4.18. The summed E-state index contributed by atoms with van der Waals surface area (Å²) in [6, 6.07) is 0. The smallest absolute Gasteiger partial charge is 0.202 e. The number of hydrogen-bond acceptors (Lipinski definition) is 3. The number of imidazole rings is 1. The van der Waals surface area contributed by atoms with Gasteiger partial charge in [0, 0.05) is 32.0 Å². The van der Waals surface area contributed by atoms with E-state index in [0.717, 1.165) is 25.6 Å². The lowest BCUT2D eigenvalue weighted by molar-refractivity contribution is 0.752. The molecule has 1 aromatic rings. The fourth-order valence-electron chi connectivity index (χ4n) is 1.03. The fourth-order valence-corrected chi connectivity index (χ4v) is 1.03. The lowest BCUT2D eigenvalue weighted by Crippen LogP contribution is -2.19. The molecule has 0 radical (unpaired) electrons. The highest BCUT2D eigenvalue weighted by Crippen LogP contribution is 2.01. The summed E-state index contributed by atoms with van der Waals surface area (Å²) in [5, 5.41) is 6.30. The first kappa shape index (κ1) is 9.06. The van der Waals surface area contributed by atoms with Crippen molar-refractivity contribution < 1.29 is 0 Å². The molecular weight excluding hydrogens is 152 g/mol. The van der Waals surface area contributed by atoms with Crippen LogP contribution in [0.25, 0.3) is 0 Å². The van der Waals surface area contributed by atoms with Gasteiger partial charge in [-0.25, -0.2) is 4.98 Å². The maximum absolute atomic E-state index is 4.18. The SMILES string of the molecule is CCn1ccnc1NCCNC. The molecule has 0 saturated carbocycles. The fraction of sp³-hybridized carbons (Fsp3) is 0.625. The van der Waals surface area contributed by atoms with Gasteiger partial charge in [0.05, 0.1) is 0 Å². The highest BCUT2D eigenvalue weighted by atomic mass is 15.2. The summed E-state index contributed by atoms with van der Waals surface area (Å²) in [5.41, 5.74) is 0. The van der Waals surface area contributed by atoms with Gasteiger partial charge >= 0.3 is 0 Å². The molecule has 0 spiro atoms. The predicted molar refractivity (Wildman–Crippen MR) is 50.3 cm³/mol. The molecule has 0 saturated heterocycles. The van der Waals surface area contributed by atoms with E-state index in [1.54, 1.807) is 0 Å². The molecule has 1 aromatic heterocycles. The molecule has 0 aliphatic heterocycles. The maximum Gasteiger partial charge on any atom is 0.202 e. The Morgan fingerprint density at radius 2 is 2.33 bits per heavy atom. The van der Waals surface area contributed by atoms with Crippen LogP contribution in [0.4, 0.5) is 5.95 Å². The minimum Gasteiger partial charge on any atom is -0.354 e. The van der Waals surface area contributed by atoms with E-state index in [1.807, 2.05) is 19.4 Å². The number of aromatic nitrogens is 2. The first-order valence-electron chi connectivity index (χ1n) is 4.28. The molecule has 2 N–H and O–H groups in total. The summed E-state index contributed by atoms with van der Waals surface area (Å²) in [6.07, 6.45) is 3.78. The molecule has 0 unspecified atom stereocenters. The van der Waals surface area contributed by atoms with Gasteiger partial charge in [0.1, 0.15) is 0 Å². The molecule has 0 aliphatic carbocycles. The van der Waals surface area contributed by atoms with E-state index < -0.39 is 0 Å². The third-order valence-corrected chi connectivity index (χ3v) is 1.71. The Morgan fingerprint density at radius 3 is 3.00 bits per heavy atom. The van der Waals surface area contributed by atoms with Crippen molar-refractivity contribution >= 4 is 5.95 Å². The van der Waals surface area contributed by atoms with Gasteiger partial charge in [-0.2, -0.15) is 0 Å². The van der Waals surface area contributed by atoms with Crippen LogP contribution >= 0.6 is 0 Å². The predicted octanol–water partition coefficient (Wildman–Crippen LogP) is 0.534. The van der Waals surface area contributed by atoms with E-state index in [9.17, 15) is 0 Å². The van der Waals surface area contributed by atoms with Gasteiger partial charge in [0.15, 0.2) is 0 Å². The largest absolute Gasteiger partial charge is 0.354 e. The minimum atomic E-state index is 0.910. The summed E-state index contributed by atoms with van der Waals surface area (Å²) in [6.45, 7) is 4.93. The molecular formula is C8H16N4. The van der Waals surface area contributed by atoms with Gasteiger partial charge < -0.3 is 15.2 Å². The Labute approximate surface area is 73.0 Å². The number of nitrogens with zero attached hydrogens (tertiary/aromatic N) is 2. The van der Waals surface area contributed by atoms with Gasteiger partial charge in [0.25, 0.3) is 0 Å². The lowest BCUT2D eigenvalue weighted by atomic mass is 10.6. The lowest BCUT2D eigenvalue weighted by Gasteiger charge is -2.06. The van der Waals surface area contributed by atoms with E-state index in [0.29, 0.717) is 0 Å². The van der Waals surface area contributed by atoms with Crippen molar-refractivity contribution in [2.24, 2.45) is 0 Å². The van der Waals surface area contributed by atoms with Crippen LogP contribution in [-0.2, 0) is 6.54 Å². The van der Waals surface area contributed by atoms with E-state index in [-0.39, 0.29) is 0 Å². The van der Waals surface area contributed by atoms with Crippen LogP contribution in [0.5, 0.6) is 0 Å². The first-order valence-corrected chi connectivity index (χ1v) is 4.28. The van der Waals surface area contributed by atoms with E-state index in [4.69, 9.17) is 0 Å². The minimum absolute atomic E-state index is 0.910. The van der Waals surface area contributed by atoms with Crippen LogP contribution in [0.1, 0.15) is 6.92 Å². The molecule has 4 heteroatoms. The number of nitrogens with one attached hydrogen (secondary N) is 2. The van der Waals surface area contributed by atoms with Crippen molar-refractivity contribution in [1.82, 2.24) is 14.9 Å². The van der Waals surface area contributed by atoms with Crippen molar-refractivity contribution in [2.75, 3.05) is 25.5 Å². The number of likely N-dealkylation sites (N-methyl/N-ethyl adjacent to an activating group) is 1. The van der Waals surface area contributed by atoms with Gasteiger partial charge in [-0.15, -0.1) is 0 Å². The van der Waals surface area contributed by atoms with Crippen LogP contribution in [0, 0.1) is 0 Å². The van der Waals surface area contributed by atoms with Crippen molar-refractivity contribution in [1.29, 1.82) is 0 Å². The quantitative estimate of drug-likeness (QED) is 0.630. The summed E-state index contributed by atoms with van der Waals surface area (Å²) in [5.74, 6) is 0.952. The zero-order chi connectivity index (χ0) is 8.81. The Bertz CT molecular complexity index is 219. The van der Waals surface area contributed by atoms with Gasteiger partial charge in [0.2, 0.25) is 5.95 Å². The number of aryl methyl sites for hydroxylation is 1. The average Bonchev–Trinajstić information content (AvgIpc) is 2.52. The summed E-state index contributed by atoms with van der Waals surface area (Å²) in [7, 11) is 1.94. The second-order valence-corrected chi connectivity index (χ2v) is 2.57. The van der Waals surface area contributed by atoms with Crippen LogP contribution in [-0.4, -0.2) is 29.7 Å². The molecule has 4 nitrogen and oxygen atoms in total. The molecule has 0 fully saturated rings. The van der Waals surface area contributed by atoms with Crippen LogP contribution < -0.4 is 10.6 Å². The van der Waals surface area contributed by atoms with E-state index in [2.05, 4.69) is 27.1 Å². The summed E-state index contributed by atoms with van der Waals surface area (Å²) >= 11 is 0. The van der Waals surface area contributed by atoms with Crippen LogP contribution in [0.15, 0.2) is 12.4 Å². The van der Waals surface area contributed by atoms with Crippen molar-refractivity contribution in [3.8, 4) is 0 Å².